The fraction of sp³-hybridized carbons (Fsp3) is 0.364. The second-order valence-electron chi connectivity index (χ2n) is 4.16. The zero-order chi connectivity index (χ0) is 14.2. The molecule has 19 heavy (non-hydrogen) atoms. The Bertz CT molecular complexity index is 628. The molecule has 8 heteroatoms. The van der Waals surface area contributed by atoms with Gasteiger partial charge < -0.3 is 4.74 Å². The Hall–Kier alpha value is -0.660. The molecule has 1 saturated carbocycles. The highest BCUT2D eigenvalue weighted by molar-refractivity contribution is 9.10. The van der Waals surface area contributed by atoms with Crippen molar-refractivity contribution in [3.63, 3.8) is 0 Å². The Balaban J connectivity index is 2.36. The molecule has 104 valence electrons. The maximum Gasteiger partial charge on any atom is 0.341 e. The highest BCUT2D eigenvalue weighted by atomic mass is 79.9. The van der Waals surface area contributed by atoms with Crippen LogP contribution in [0.3, 0.4) is 0 Å². The van der Waals surface area contributed by atoms with Crippen LogP contribution in [-0.2, 0) is 13.8 Å². The molecule has 4 nitrogen and oxygen atoms in total. The van der Waals surface area contributed by atoms with Gasteiger partial charge >= 0.3 is 5.97 Å². The van der Waals surface area contributed by atoms with E-state index in [9.17, 15) is 17.6 Å². The predicted octanol–water partition coefficient (Wildman–Crippen LogP) is 3.23. The van der Waals surface area contributed by atoms with Crippen LogP contribution in [0.15, 0.2) is 21.5 Å². The normalized spacial score (nSPS) is 15.9. The van der Waals surface area contributed by atoms with Gasteiger partial charge in [0.2, 0.25) is 0 Å². The standard InChI is InChI=1S/C11H9BrClFO4S/c12-8-5-9(14)7(4-10(8)19(13,16)17)11(15)18-6-2-1-3-6/h4-6H,1-3H2. The third-order valence-electron chi connectivity index (χ3n) is 2.83. The number of halogens is 3. The quantitative estimate of drug-likeness (QED) is 0.604. The van der Waals surface area contributed by atoms with Gasteiger partial charge in [0, 0.05) is 15.2 Å². The maximum absolute atomic E-state index is 13.7. The number of carbonyl (C=O) groups is 1. The van der Waals surface area contributed by atoms with Crippen LogP contribution in [-0.4, -0.2) is 20.5 Å². The summed E-state index contributed by atoms with van der Waals surface area (Å²) in [6.07, 6.45) is 2.23. The van der Waals surface area contributed by atoms with Crippen LogP contribution in [0.4, 0.5) is 4.39 Å². The fourth-order valence-corrected chi connectivity index (χ4v) is 3.74. The molecule has 1 aromatic carbocycles. The van der Waals surface area contributed by atoms with Crippen LogP contribution in [0.5, 0.6) is 0 Å². The lowest BCUT2D eigenvalue weighted by Crippen LogP contribution is -2.25. The third kappa shape index (κ3) is 3.27. The average Bonchev–Trinajstić information content (AvgIpc) is 2.21. The van der Waals surface area contributed by atoms with Gasteiger partial charge in [0.1, 0.15) is 11.9 Å². The first-order chi connectivity index (χ1) is 8.79. The molecule has 0 atom stereocenters. The summed E-state index contributed by atoms with van der Waals surface area (Å²) in [7, 11) is 1.13. The van der Waals surface area contributed by atoms with Crippen molar-refractivity contribution in [2.75, 3.05) is 0 Å². The van der Waals surface area contributed by atoms with E-state index in [1.807, 2.05) is 0 Å². The van der Waals surface area contributed by atoms with Gasteiger partial charge in [-0.2, -0.15) is 0 Å². The molecular weight excluding hydrogens is 363 g/mol. The van der Waals surface area contributed by atoms with Crippen molar-refractivity contribution in [3.05, 3.63) is 28.0 Å². The van der Waals surface area contributed by atoms with Crippen LogP contribution >= 0.6 is 26.6 Å². The van der Waals surface area contributed by atoms with Crippen LogP contribution in [0.1, 0.15) is 29.6 Å². The summed E-state index contributed by atoms with van der Waals surface area (Å²) in [5, 5.41) is 0. The molecule has 0 heterocycles. The number of carbonyl (C=O) groups excluding carboxylic acids is 1. The van der Waals surface area contributed by atoms with Gasteiger partial charge in [-0.05, 0) is 47.3 Å². The summed E-state index contributed by atoms with van der Waals surface area (Å²) < 4.78 is 41.2. The van der Waals surface area contributed by atoms with E-state index < -0.39 is 26.4 Å². The van der Waals surface area contributed by atoms with Gasteiger partial charge in [0.25, 0.3) is 9.05 Å². The van der Waals surface area contributed by atoms with E-state index in [-0.39, 0.29) is 15.5 Å². The van der Waals surface area contributed by atoms with E-state index in [0.717, 1.165) is 31.4 Å². The average molecular weight is 372 g/mol. The highest BCUT2D eigenvalue weighted by Gasteiger charge is 2.26. The van der Waals surface area contributed by atoms with Crippen molar-refractivity contribution in [2.24, 2.45) is 0 Å². The SMILES string of the molecule is O=C(OC1CCC1)c1cc(S(=O)(=O)Cl)c(Br)cc1F. The minimum atomic E-state index is -4.08. The Labute approximate surface area is 122 Å². The second kappa shape index (κ2) is 5.38. The first-order valence-electron chi connectivity index (χ1n) is 5.43. The number of rotatable bonds is 3. The van der Waals surface area contributed by atoms with Gasteiger partial charge in [-0.3, -0.25) is 0 Å². The van der Waals surface area contributed by atoms with Crippen LogP contribution < -0.4 is 0 Å². The van der Waals surface area contributed by atoms with E-state index in [4.69, 9.17) is 15.4 Å². The van der Waals surface area contributed by atoms with Gasteiger partial charge in [0.05, 0.1) is 10.5 Å². The van der Waals surface area contributed by atoms with Gasteiger partial charge in [-0.1, -0.05) is 0 Å². The molecule has 0 spiro atoms. The molecule has 0 aromatic heterocycles. The summed E-state index contributed by atoms with van der Waals surface area (Å²) >= 11 is 2.89. The molecule has 0 saturated heterocycles. The Morgan fingerprint density at radius 2 is 2.05 bits per heavy atom. The summed E-state index contributed by atoms with van der Waals surface area (Å²) in [6, 6.07) is 1.76. The van der Waals surface area contributed by atoms with E-state index >= 15 is 0 Å². The van der Waals surface area contributed by atoms with Crippen LogP contribution in [0.2, 0.25) is 0 Å². The molecule has 0 amide bonds. The number of hydrogen-bond donors (Lipinski definition) is 0. The second-order valence-corrected chi connectivity index (χ2v) is 7.55. The van der Waals surface area contributed by atoms with E-state index in [2.05, 4.69) is 15.9 Å². The number of hydrogen-bond acceptors (Lipinski definition) is 4. The van der Waals surface area contributed by atoms with Crippen molar-refractivity contribution < 1.29 is 22.3 Å². The number of benzene rings is 1. The Morgan fingerprint density at radius 1 is 1.42 bits per heavy atom. The molecule has 1 aromatic rings. The molecule has 0 aliphatic heterocycles. The number of esters is 1. The smallest absolute Gasteiger partial charge is 0.341 e. The summed E-state index contributed by atoms with van der Waals surface area (Å²) in [4.78, 5) is 11.4. The lowest BCUT2D eigenvalue weighted by atomic mass is 9.96. The molecular formula is C11H9BrClFO4S. The number of ether oxygens (including phenoxy) is 1. The Morgan fingerprint density at radius 3 is 2.53 bits per heavy atom. The zero-order valence-electron chi connectivity index (χ0n) is 9.53. The van der Waals surface area contributed by atoms with Crippen molar-refractivity contribution >= 4 is 41.6 Å². The third-order valence-corrected chi connectivity index (χ3v) is 5.11. The minimum absolute atomic E-state index is 0.0415. The summed E-state index contributed by atoms with van der Waals surface area (Å²) in [5.74, 6) is -1.74. The lowest BCUT2D eigenvalue weighted by Gasteiger charge is -2.25. The van der Waals surface area contributed by atoms with E-state index in [0.29, 0.717) is 0 Å². The molecule has 1 aliphatic carbocycles. The van der Waals surface area contributed by atoms with Crippen LogP contribution in [0, 0.1) is 5.82 Å². The molecule has 0 unspecified atom stereocenters. The van der Waals surface area contributed by atoms with Crippen molar-refractivity contribution in [2.45, 2.75) is 30.3 Å². The molecule has 1 aliphatic rings. The molecule has 2 rings (SSSR count). The summed E-state index contributed by atoms with van der Waals surface area (Å²) in [5.41, 5.74) is -0.436. The highest BCUT2D eigenvalue weighted by Crippen LogP contribution is 2.29. The lowest BCUT2D eigenvalue weighted by molar-refractivity contribution is 0.00851. The molecule has 1 fully saturated rings. The summed E-state index contributed by atoms with van der Waals surface area (Å²) in [6.45, 7) is 0. The zero-order valence-corrected chi connectivity index (χ0v) is 12.7. The monoisotopic (exact) mass is 370 g/mol. The van der Waals surface area contributed by atoms with E-state index in [1.54, 1.807) is 0 Å². The molecule has 0 radical (unpaired) electrons. The molecule has 0 N–H and O–H groups in total. The largest absolute Gasteiger partial charge is 0.459 e. The van der Waals surface area contributed by atoms with Crippen molar-refractivity contribution in [3.8, 4) is 0 Å². The van der Waals surface area contributed by atoms with Crippen molar-refractivity contribution in [1.29, 1.82) is 0 Å². The molecule has 0 bridgehead atoms. The van der Waals surface area contributed by atoms with Crippen molar-refractivity contribution in [1.82, 2.24) is 0 Å². The van der Waals surface area contributed by atoms with E-state index in [1.165, 1.54) is 0 Å². The predicted molar refractivity (Wildman–Crippen MR) is 70.2 cm³/mol. The van der Waals surface area contributed by atoms with Gasteiger partial charge in [-0.15, -0.1) is 0 Å². The van der Waals surface area contributed by atoms with Gasteiger partial charge in [-0.25, -0.2) is 17.6 Å². The van der Waals surface area contributed by atoms with Gasteiger partial charge in [0.15, 0.2) is 0 Å². The Kier molecular flexibility index (Phi) is 4.17. The first kappa shape index (κ1) is 14.7. The maximum atomic E-state index is 13.7. The minimum Gasteiger partial charge on any atom is -0.459 e. The topological polar surface area (TPSA) is 60.4 Å². The fourth-order valence-electron chi connectivity index (χ4n) is 1.58. The van der Waals surface area contributed by atoms with Crippen LogP contribution in [0.25, 0.3) is 0 Å². The first-order valence-corrected chi connectivity index (χ1v) is 8.54.